The van der Waals surface area contributed by atoms with E-state index in [9.17, 15) is 9.59 Å². The Bertz CT molecular complexity index is 1090. The first-order valence-corrected chi connectivity index (χ1v) is 9.83. The van der Waals surface area contributed by atoms with Gasteiger partial charge in [0, 0.05) is 25.1 Å². The maximum Gasteiger partial charge on any atom is 0.346 e. The highest BCUT2D eigenvalue weighted by Gasteiger charge is 2.19. The molecule has 0 spiro atoms. The van der Waals surface area contributed by atoms with Crippen molar-refractivity contribution in [3.63, 3.8) is 0 Å². The van der Waals surface area contributed by atoms with Crippen molar-refractivity contribution in [2.24, 2.45) is 0 Å². The fourth-order valence-corrected chi connectivity index (χ4v) is 3.61. The molecule has 0 bridgehead atoms. The van der Waals surface area contributed by atoms with Crippen LogP contribution in [0.25, 0.3) is 11.4 Å². The molecule has 1 N–H and O–H groups in total. The van der Waals surface area contributed by atoms with Crippen molar-refractivity contribution in [2.45, 2.75) is 46.0 Å². The lowest BCUT2D eigenvalue weighted by Crippen LogP contribution is -2.33. The van der Waals surface area contributed by atoms with E-state index in [1.54, 1.807) is 4.57 Å². The predicted molar refractivity (Wildman–Crippen MR) is 110 cm³/mol. The molecule has 2 heterocycles. The summed E-state index contributed by atoms with van der Waals surface area (Å²) in [6.45, 7) is 4.70. The number of hydrogen-bond acceptors (Lipinski definition) is 4. The summed E-state index contributed by atoms with van der Waals surface area (Å²) in [5.74, 6) is 1.23. The summed E-state index contributed by atoms with van der Waals surface area (Å²) in [6, 6.07) is 15.5. The van der Waals surface area contributed by atoms with E-state index in [1.807, 2.05) is 56.3 Å². The van der Waals surface area contributed by atoms with Gasteiger partial charge in [0.1, 0.15) is 18.4 Å². The molecule has 150 valence electrons. The Kier molecular flexibility index (Phi) is 5.20. The zero-order chi connectivity index (χ0) is 20.4. The smallest absolute Gasteiger partial charge is 0.346 e. The molecular formula is C22H24N4O3. The zero-order valence-electron chi connectivity index (χ0n) is 16.6. The highest BCUT2D eigenvalue weighted by molar-refractivity contribution is 5.75. The van der Waals surface area contributed by atoms with E-state index in [0.717, 1.165) is 28.9 Å². The van der Waals surface area contributed by atoms with Gasteiger partial charge in [-0.15, -0.1) is 5.10 Å². The van der Waals surface area contributed by atoms with Gasteiger partial charge in [-0.1, -0.05) is 42.5 Å². The Morgan fingerprint density at radius 3 is 2.79 bits per heavy atom. The molecule has 1 aromatic heterocycles. The van der Waals surface area contributed by atoms with Crippen LogP contribution >= 0.6 is 0 Å². The van der Waals surface area contributed by atoms with Crippen molar-refractivity contribution in [3.05, 3.63) is 70.1 Å². The molecule has 1 atom stereocenters. The zero-order valence-corrected chi connectivity index (χ0v) is 16.6. The molecule has 0 unspecified atom stereocenters. The lowest BCUT2D eigenvalue weighted by Gasteiger charge is -2.07. The summed E-state index contributed by atoms with van der Waals surface area (Å²) in [4.78, 5) is 25.1. The van der Waals surface area contributed by atoms with E-state index >= 15 is 0 Å². The van der Waals surface area contributed by atoms with E-state index in [-0.39, 0.29) is 24.2 Å². The van der Waals surface area contributed by atoms with Crippen LogP contribution in [0, 0.1) is 0 Å². The monoisotopic (exact) mass is 392 g/mol. The van der Waals surface area contributed by atoms with Gasteiger partial charge < -0.3 is 10.1 Å². The number of fused-ring (bicyclic) bond motifs is 1. The topological polar surface area (TPSA) is 78.2 Å². The van der Waals surface area contributed by atoms with Crippen LogP contribution in [0.1, 0.15) is 25.0 Å². The quantitative estimate of drug-likeness (QED) is 0.699. The summed E-state index contributed by atoms with van der Waals surface area (Å²) >= 11 is 0. The van der Waals surface area contributed by atoms with Crippen molar-refractivity contribution in [3.8, 4) is 17.1 Å². The number of nitrogens with one attached hydrogen (secondary N) is 1. The number of aromatic nitrogens is 3. The summed E-state index contributed by atoms with van der Waals surface area (Å²) in [7, 11) is 0. The fourth-order valence-electron chi connectivity index (χ4n) is 3.61. The normalized spacial score (nSPS) is 15.0. The highest BCUT2D eigenvalue weighted by atomic mass is 16.5. The summed E-state index contributed by atoms with van der Waals surface area (Å²) < 4.78 is 8.50. The van der Waals surface area contributed by atoms with Crippen LogP contribution in [0.3, 0.4) is 0 Å². The molecule has 0 radical (unpaired) electrons. The maximum atomic E-state index is 12.6. The van der Waals surface area contributed by atoms with E-state index in [0.29, 0.717) is 18.9 Å². The Morgan fingerprint density at radius 1 is 1.24 bits per heavy atom. The van der Waals surface area contributed by atoms with Gasteiger partial charge in [0.15, 0.2) is 5.82 Å². The van der Waals surface area contributed by atoms with Crippen LogP contribution in [0.4, 0.5) is 0 Å². The predicted octanol–water partition coefficient (Wildman–Crippen LogP) is 2.37. The van der Waals surface area contributed by atoms with Crippen molar-refractivity contribution in [1.82, 2.24) is 19.7 Å². The third kappa shape index (κ3) is 3.94. The third-order valence-electron chi connectivity index (χ3n) is 5.01. The lowest BCUT2D eigenvalue weighted by atomic mass is 10.1. The van der Waals surface area contributed by atoms with E-state index in [4.69, 9.17) is 4.74 Å². The van der Waals surface area contributed by atoms with Gasteiger partial charge in [0.05, 0.1) is 0 Å². The summed E-state index contributed by atoms with van der Waals surface area (Å²) in [5.41, 5.74) is 2.73. The second-order valence-electron chi connectivity index (χ2n) is 7.23. The van der Waals surface area contributed by atoms with Crippen LogP contribution in [0.2, 0.25) is 0 Å². The number of carbonyl (C=O) groups is 1. The summed E-state index contributed by atoms with van der Waals surface area (Å²) in [5, 5.41) is 7.27. The molecule has 0 fully saturated rings. The molecule has 1 aliphatic heterocycles. The first-order chi connectivity index (χ1) is 14.0. The van der Waals surface area contributed by atoms with Crippen molar-refractivity contribution in [2.75, 3.05) is 0 Å². The minimum atomic E-state index is -0.287. The Labute approximate surface area is 168 Å². The van der Waals surface area contributed by atoms with Crippen molar-refractivity contribution >= 4 is 5.91 Å². The first-order valence-electron chi connectivity index (χ1n) is 9.83. The standard InChI is InChI=1S/C22H24N4O3/c1-3-25-21(17-7-5-4-6-8-17)24-26(22(25)28)14-20(27)23-13-16-9-10-19-18(12-16)11-15(2)29-19/h4-10,12,15H,3,11,13-14H2,1-2H3,(H,23,27)/t15-/m0/s1. The molecule has 3 aromatic rings. The van der Waals surface area contributed by atoms with Crippen LogP contribution < -0.4 is 15.7 Å². The minimum Gasteiger partial charge on any atom is -0.490 e. The van der Waals surface area contributed by atoms with Gasteiger partial charge in [-0.25, -0.2) is 9.48 Å². The van der Waals surface area contributed by atoms with Crippen LogP contribution in [0.15, 0.2) is 53.3 Å². The molecule has 1 amide bonds. The molecule has 7 heteroatoms. The third-order valence-corrected chi connectivity index (χ3v) is 5.01. The van der Waals surface area contributed by atoms with Gasteiger partial charge in [-0.2, -0.15) is 0 Å². The number of carbonyl (C=O) groups excluding carboxylic acids is 1. The average molecular weight is 392 g/mol. The number of benzene rings is 2. The Hall–Kier alpha value is -3.35. The summed E-state index contributed by atoms with van der Waals surface area (Å²) in [6.07, 6.45) is 1.07. The fraction of sp³-hybridized carbons (Fsp3) is 0.318. The minimum absolute atomic E-state index is 0.114. The SMILES string of the molecule is CCn1c(-c2ccccc2)nn(CC(=O)NCc2ccc3c(c2)C[C@H](C)O3)c1=O. The van der Waals surface area contributed by atoms with Gasteiger partial charge in [0.25, 0.3) is 0 Å². The lowest BCUT2D eigenvalue weighted by molar-refractivity contribution is -0.122. The Balaban J connectivity index is 1.45. The second kappa shape index (κ2) is 7.95. The van der Waals surface area contributed by atoms with Crippen molar-refractivity contribution < 1.29 is 9.53 Å². The molecule has 7 nitrogen and oxygen atoms in total. The number of nitrogens with zero attached hydrogens (tertiary/aromatic N) is 3. The number of amides is 1. The van der Waals surface area contributed by atoms with Crippen LogP contribution in [-0.2, 0) is 30.8 Å². The number of hydrogen-bond donors (Lipinski definition) is 1. The average Bonchev–Trinajstić information content (AvgIpc) is 3.25. The van der Waals surface area contributed by atoms with Crippen LogP contribution in [-0.4, -0.2) is 26.4 Å². The van der Waals surface area contributed by atoms with E-state index in [2.05, 4.69) is 16.5 Å². The Morgan fingerprint density at radius 2 is 2.03 bits per heavy atom. The van der Waals surface area contributed by atoms with Gasteiger partial charge in [0.2, 0.25) is 5.91 Å². The molecule has 0 saturated heterocycles. The largest absolute Gasteiger partial charge is 0.490 e. The van der Waals surface area contributed by atoms with Crippen LogP contribution in [0.5, 0.6) is 5.75 Å². The number of ether oxygens (including phenoxy) is 1. The van der Waals surface area contributed by atoms with Crippen molar-refractivity contribution in [1.29, 1.82) is 0 Å². The van der Waals surface area contributed by atoms with E-state index in [1.165, 1.54) is 4.68 Å². The molecule has 1 aliphatic rings. The molecule has 4 rings (SSSR count). The van der Waals surface area contributed by atoms with Gasteiger partial charge in [-0.3, -0.25) is 9.36 Å². The van der Waals surface area contributed by atoms with Gasteiger partial charge in [-0.05, 0) is 31.0 Å². The first kappa shape index (κ1) is 19.0. The number of rotatable bonds is 6. The van der Waals surface area contributed by atoms with E-state index < -0.39 is 0 Å². The molecule has 0 saturated carbocycles. The molecule has 0 aliphatic carbocycles. The van der Waals surface area contributed by atoms with Gasteiger partial charge >= 0.3 is 5.69 Å². The highest BCUT2D eigenvalue weighted by Crippen LogP contribution is 2.29. The molecule has 29 heavy (non-hydrogen) atoms. The molecular weight excluding hydrogens is 368 g/mol. The molecule has 2 aromatic carbocycles. The maximum absolute atomic E-state index is 12.6. The second-order valence-corrected chi connectivity index (χ2v) is 7.23.